The van der Waals surface area contributed by atoms with Crippen molar-refractivity contribution < 1.29 is 0 Å². The number of imidazole rings is 1. The molecular weight excluding hydrogens is 362 g/mol. The Morgan fingerprint density at radius 2 is 2.00 bits per heavy atom. The standard InChI is InChI=1S/C22H31N7/c1-6-23-22(26-15(2)12-19-16(3)28-29(5)17(19)4)25-14-21-24-13-20(27-21)18-10-8-7-9-11-18/h7-11,13,15H,6,12,14H2,1-5H3,(H,24,27)(H2,23,25,26). The van der Waals surface area contributed by atoms with Gasteiger partial charge in [0.1, 0.15) is 12.4 Å². The number of aromatic nitrogens is 4. The van der Waals surface area contributed by atoms with Gasteiger partial charge in [-0.3, -0.25) is 4.68 Å². The highest BCUT2D eigenvalue weighted by atomic mass is 15.3. The average molecular weight is 394 g/mol. The third kappa shape index (κ3) is 5.25. The lowest BCUT2D eigenvalue weighted by molar-refractivity contribution is 0.635. The van der Waals surface area contributed by atoms with Gasteiger partial charge in [-0.15, -0.1) is 0 Å². The minimum atomic E-state index is 0.228. The third-order valence-corrected chi connectivity index (χ3v) is 5.00. The Hall–Kier alpha value is -3.09. The van der Waals surface area contributed by atoms with Crippen LogP contribution in [0, 0.1) is 13.8 Å². The van der Waals surface area contributed by atoms with Gasteiger partial charge in [0.15, 0.2) is 5.96 Å². The van der Waals surface area contributed by atoms with Crippen LogP contribution < -0.4 is 10.6 Å². The average Bonchev–Trinajstić information content (AvgIpc) is 3.27. The fourth-order valence-electron chi connectivity index (χ4n) is 3.38. The highest BCUT2D eigenvalue weighted by Crippen LogP contribution is 2.16. The van der Waals surface area contributed by atoms with Gasteiger partial charge in [-0.2, -0.15) is 5.10 Å². The van der Waals surface area contributed by atoms with Crippen molar-refractivity contribution in [2.24, 2.45) is 12.0 Å². The summed E-state index contributed by atoms with van der Waals surface area (Å²) in [5, 5.41) is 11.3. The second-order valence-corrected chi connectivity index (χ2v) is 7.33. The number of rotatable bonds is 7. The lowest BCUT2D eigenvalue weighted by Crippen LogP contribution is -2.43. The van der Waals surface area contributed by atoms with Gasteiger partial charge in [-0.25, -0.2) is 9.98 Å². The molecule has 0 saturated carbocycles. The fourth-order valence-corrected chi connectivity index (χ4v) is 3.38. The van der Waals surface area contributed by atoms with Crippen LogP contribution in [0.4, 0.5) is 0 Å². The van der Waals surface area contributed by atoms with Gasteiger partial charge in [0.2, 0.25) is 0 Å². The van der Waals surface area contributed by atoms with E-state index in [0.717, 1.165) is 41.7 Å². The quantitative estimate of drug-likeness (QED) is 0.425. The molecule has 3 rings (SSSR count). The molecule has 0 radical (unpaired) electrons. The summed E-state index contributed by atoms with van der Waals surface area (Å²) in [6.07, 6.45) is 2.76. The number of nitrogens with zero attached hydrogens (tertiary/aromatic N) is 4. The van der Waals surface area contributed by atoms with Crippen molar-refractivity contribution in [1.82, 2.24) is 30.4 Å². The van der Waals surface area contributed by atoms with Crippen LogP contribution in [0.25, 0.3) is 11.3 Å². The fraction of sp³-hybridized carbons (Fsp3) is 0.409. The highest BCUT2D eigenvalue weighted by Gasteiger charge is 2.14. The first kappa shape index (κ1) is 20.6. The molecule has 0 saturated heterocycles. The number of H-pyrrole nitrogens is 1. The zero-order valence-corrected chi connectivity index (χ0v) is 18.0. The molecule has 3 aromatic rings. The van der Waals surface area contributed by atoms with Gasteiger partial charge in [-0.1, -0.05) is 30.3 Å². The lowest BCUT2D eigenvalue weighted by atomic mass is 10.1. The molecule has 1 aromatic carbocycles. The van der Waals surface area contributed by atoms with Gasteiger partial charge in [-0.05, 0) is 45.2 Å². The van der Waals surface area contributed by atoms with Crippen molar-refractivity contribution in [3.05, 3.63) is 59.3 Å². The minimum Gasteiger partial charge on any atom is -0.357 e. The summed E-state index contributed by atoms with van der Waals surface area (Å²) in [7, 11) is 1.99. The summed E-state index contributed by atoms with van der Waals surface area (Å²) in [6.45, 7) is 9.70. The maximum atomic E-state index is 4.70. The summed E-state index contributed by atoms with van der Waals surface area (Å²) >= 11 is 0. The Morgan fingerprint density at radius 1 is 1.24 bits per heavy atom. The van der Waals surface area contributed by atoms with Crippen molar-refractivity contribution in [2.45, 2.75) is 46.7 Å². The predicted octanol–water partition coefficient (Wildman–Crippen LogP) is 3.11. The molecule has 2 aromatic heterocycles. The Bertz CT molecular complexity index is 953. The summed E-state index contributed by atoms with van der Waals surface area (Å²) in [4.78, 5) is 12.5. The molecule has 0 fully saturated rings. The Balaban J connectivity index is 1.64. The molecule has 7 heteroatoms. The summed E-state index contributed by atoms with van der Waals surface area (Å²) < 4.78 is 1.94. The summed E-state index contributed by atoms with van der Waals surface area (Å²) in [5.74, 6) is 1.63. The van der Waals surface area contributed by atoms with Gasteiger partial charge in [0.05, 0.1) is 17.6 Å². The van der Waals surface area contributed by atoms with Crippen LogP contribution in [0.5, 0.6) is 0 Å². The van der Waals surface area contributed by atoms with Crippen molar-refractivity contribution in [3.63, 3.8) is 0 Å². The van der Waals surface area contributed by atoms with E-state index in [1.54, 1.807) is 0 Å². The van der Waals surface area contributed by atoms with Crippen LogP contribution >= 0.6 is 0 Å². The van der Waals surface area contributed by atoms with Crippen LogP contribution in [-0.4, -0.2) is 38.3 Å². The van der Waals surface area contributed by atoms with E-state index >= 15 is 0 Å². The number of hydrogen-bond acceptors (Lipinski definition) is 3. The Labute approximate surface area is 172 Å². The highest BCUT2D eigenvalue weighted by molar-refractivity contribution is 5.80. The van der Waals surface area contributed by atoms with E-state index in [0.29, 0.717) is 6.54 Å². The minimum absolute atomic E-state index is 0.228. The maximum absolute atomic E-state index is 4.70. The summed E-state index contributed by atoms with van der Waals surface area (Å²) in [6, 6.07) is 10.4. The molecule has 2 heterocycles. The lowest BCUT2D eigenvalue weighted by Gasteiger charge is -2.18. The second-order valence-electron chi connectivity index (χ2n) is 7.33. The van der Waals surface area contributed by atoms with E-state index in [9.17, 15) is 0 Å². The van der Waals surface area contributed by atoms with Crippen molar-refractivity contribution in [2.75, 3.05) is 6.54 Å². The van der Waals surface area contributed by atoms with Crippen LogP contribution in [0.2, 0.25) is 0 Å². The molecule has 1 atom stereocenters. The second kappa shape index (κ2) is 9.41. The third-order valence-electron chi connectivity index (χ3n) is 5.00. The van der Waals surface area contributed by atoms with Crippen molar-refractivity contribution in [3.8, 4) is 11.3 Å². The van der Waals surface area contributed by atoms with Crippen molar-refractivity contribution >= 4 is 5.96 Å². The molecule has 0 aliphatic carbocycles. The van der Waals surface area contributed by atoms with Crippen molar-refractivity contribution in [1.29, 1.82) is 0 Å². The Morgan fingerprint density at radius 3 is 2.66 bits per heavy atom. The van der Waals surface area contributed by atoms with Crippen LogP contribution in [0.15, 0.2) is 41.5 Å². The number of nitrogens with one attached hydrogen (secondary N) is 3. The zero-order valence-electron chi connectivity index (χ0n) is 18.0. The largest absolute Gasteiger partial charge is 0.357 e. The number of benzene rings is 1. The van der Waals surface area contributed by atoms with E-state index < -0.39 is 0 Å². The predicted molar refractivity (Wildman–Crippen MR) is 118 cm³/mol. The van der Waals surface area contributed by atoms with E-state index in [2.05, 4.69) is 65.5 Å². The Kier molecular flexibility index (Phi) is 6.69. The number of aliphatic imine (C=N–C) groups is 1. The van der Waals surface area contributed by atoms with Gasteiger partial charge < -0.3 is 15.6 Å². The molecule has 29 heavy (non-hydrogen) atoms. The first-order chi connectivity index (χ1) is 14.0. The number of aromatic amines is 1. The van der Waals surface area contributed by atoms with Crippen LogP contribution in [0.3, 0.4) is 0 Å². The molecule has 7 nitrogen and oxygen atoms in total. The number of aryl methyl sites for hydroxylation is 2. The van der Waals surface area contributed by atoms with Gasteiger partial charge >= 0.3 is 0 Å². The van der Waals surface area contributed by atoms with E-state index in [4.69, 9.17) is 4.99 Å². The molecule has 0 aliphatic heterocycles. The molecule has 0 spiro atoms. The SMILES string of the molecule is CCNC(=NCc1ncc(-c2ccccc2)[nH]1)NC(C)Cc1c(C)nn(C)c1C. The normalized spacial score (nSPS) is 12.8. The van der Waals surface area contributed by atoms with Crippen LogP contribution in [-0.2, 0) is 20.0 Å². The zero-order chi connectivity index (χ0) is 20.8. The smallest absolute Gasteiger partial charge is 0.191 e. The van der Waals surface area contributed by atoms with E-state index in [1.807, 2.05) is 36.1 Å². The molecule has 0 bridgehead atoms. The van der Waals surface area contributed by atoms with Crippen LogP contribution in [0.1, 0.15) is 36.6 Å². The molecule has 154 valence electrons. The van der Waals surface area contributed by atoms with Gasteiger partial charge in [0, 0.05) is 25.3 Å². The summed E-state index contributed by atoms with van der Waals surface area (Å²) in [5.41, 5.74) is 5.72. The van der Waals surface area contributed by atoms with E-state index in [-0.39, 0.29) is 6.04 Å². The number of guanidine groups is 1. The molecule has 0 aliphatic rings. The molecule has 3 N–H and O–H groups in total. The van der Waals surface area contributed by atoms with E-state index in [1.165, 1.54) is 11.3 Å². The maximum Gasteiger partial charge on any atom is 0.191 e. The molecule has 1 unspecified atom stereocenters. The first-order valence-corrected chi connectivity index (χ1v) is 10.1. The van der Waals surface area contributed by atoms with Gasteiger partial charge in [0.25, 0.3) is 0 Å². The molecular formula is C22H31N7. The first-order valence-electron chi connectivity index (χ1n) is 10.1. The monoisotopic (exact) mass is 393 g/mol. The molecule has 0 amide bonds. The topological polar surface area (TPSA) is 82.9 Å². The number of hydrogen-bond donors (Lipinski definition) is 3.